The highest BCUT2D eigenvalue weighted by molar-refractivity contribution is 6.31. The van der Waals surface area contributed by atoms with Crippen molar-refractivity contribution in [2.45, 2.75) is 37.7 Å². The monoisotopic (exact) mass is 501 g/mol. The Balaban J connectivity index is 1.42. The molecule has 1 saturated heterocycles. The third-order valence-corrected chi connectivity index (χ3v) is 6.83. The number of carbonyl (C=O) groups is 2. The zero-order chi connectivity index (χ0) is 24.7. The molecule has 2 aliphatic heterocycles. The zero-order valence-electron chi connectivity index (χ0n) is 18.8. The third-order valence-electron chi connectivity index (χ3n) is 6.53. The van der Waals surface area contributed by atoms with Crippen molar-refractivity contribution in [1.82, 2.24) is 20.1 Å². The summed E-state index contributed by atoms with van der Waals surface area (Å²) in [7, 11) is 0. The van der Waals surface area contributed by atoms with Crippen LogP contribution < -0.4 is 5.32 Å². The summed E-state index contributed by atoms with van der Waals surface area (Å²) in [6.45, 7) is 2.26. The van der Waals surface area contributed by atoms with Crippen LogP contribution in [0, 0.1) is 11.6 Å². The Bertz CT molecular complexity index is 1300. The van der Waals surface area contributed by atoms with Crippen LogP contribution in [-0.2, 0) is 10.3 Å². The van der Waals surface area contributed by atoms with Gasteiger partial charge in [0.1, 0.15) is 11.6 Å². The number of fused-ring (bicyclic) bond motifs is 2. The molecule has 0 bridgehead atoms. The van der Waals surface area contributed by atoms with Crippen molar-refractivity contribution in [3.05, 3.63) is 75.8 Å². The molecule has 5 rings (SSSR count). The number of nitrogens with one attached hydrogen (secondary N) is 2. The fourth-order valence-corrected chi connectivity index (χ4v) is 5.06. The Morgan fingerprint density at radius 2 is 2.00 bits per heavy atom. The lowest BCUT2D eigenvalue weighted by atomic mass is 9.83. The van der Waals surface area contributed by atoms with E-state index in [9.17, 15) is 14.0 Å². The summed E-state index contributed by atoms with van der Waals surface area (Å²) in [5.74, 6) is -1.18. The molecule has 1 spiro atoms. The van der Waals surface area contributed by atoms with Crippen molar-refractivity contribution in [2.75, 3.05) is 18.4 Å². The van der Waals surface area contributed by atoms with E-state index in [1.807, 2.05) is 6.92 Å². The van der Waals surface area contributed by atoms with Gasteiger partial charge in [0.25, 0.3) is 5.91 Å². The van der Waals surface area contributed by atoms with Gasteiger partial charge in [-0.05, 0) is 49.1 Å². The normalized spacial score (nSPS) is 20.2. The molecule has 2 aromatic carbocycles. The van der Waals surface area contributed by atoms with Gasteiger partial charge >= 0.3 is 6.09 Å². The number of rotatable bonds is 4. The van der Waals surface area contributed by atoms with Crippen LogP contribution in [0.25, 0.3) is 0 Å². The predicted molar refractivity (Wildman–Crippen MR) is 123 cm³/mol. The lowest BCUT2D eigenvalue weighted by Crippen LogP contribution is -2.53. The van der Waals surface area contributed by atoms with Gasteiger partial charge in [-0.2, -0.15) is 0 Å². The average Bonchev–Trinajstić information content (AvgIpc) is 3.32. The standard InChI is InChI=1S/C24H22ClF2N5O3/c1-2-15(13-4-6-14(26)7-5-13)20-29-21(31-30-20)22(33)32-11-3-10-24(12-32)18-17(28-23(34)35-24)9-8-16(25)19(18)27/h4-9,15H,2-3,10-12H2,1H3,(H,28,34)(H,29,30,31)/t15-,24+/m1/s1. The average molecular weight is 502 g/mol. The molecule has 0 saturated carbocycles. The first-order valence-electron chi connectivity index (χ1n) is 11.3. The minimum absolute atomic E-state index is 0.0182. The Labute approximate surface area is 204 Å². The molecule has 8 nitrogen and oxygen atoms in total. The highest BCUT2D eigenvalue weighted by atomic mass is 35.5. The molecule has 2 atom stereocenters. The number of halogens is 3. The van der Waals surface area contributed by atoms with Gasteiger partial charge in [-0.1, -0.05) is 30.7 Å². The fourth-order valence-electron chi connectivity index (χ4n) is 4.91. The van der Waals surface area contributed by atoms with Gasteiger partial charge in [0.15, 0.2) is 11.4 Å². The molecule has 0 unspecified atom stereocenters. The van der Waals surface area contributed by atoms with E-state index in [4.69, 9.17) is 16.3 Å². The van der Waals surface area contributed by atoms with Gasteiger partial charge in [-0.3, -0.25) is 10.1 Å². The smallest absolute Gasteiger partial charge is 0.412 e. The van der Waals surface area contributed by atoms with Gasteiger partial charge in [0.05, 0.1) is 22.8 Å². The molecule has 0 radical (unpaired) electrons. The lowest BCUT2D eigenvalue weighted by molar-refractivity contribution is -0.0420. The number of benzene rings is 2. The van der Waals surface area contributed by atoms with Crippen LogP contribution in [0.1, 0.15) is 59.7 Å². The third kappa shape index (κ3) is 4.12. The first-order valence-corrected chi connectivity index (χ1v) is 11.6. The molecule has 1 fully saturated rings. The number of aromatic nitrogens is 3. The first-order chi connectivity index (χ1) is 16.8. The maximum absolute atomic E-state index is 15.1. The quantitative estimate of drug-likeness (QED) is 0.525. The minimum atomic E-state index is -1.37. The summed E-state index contributed by atoms with van der Waals surface area (Å²) in [5, 5.41) is 10.6. The summed E-state index contributed by atoms with van der Waals surface area (Å²) in [5.41, 5.74) is -0.137. The predicted octanol–water partition coefficient (Wildman–Crippen LogP) is 4.97. The van der Waals surface area contributed by atoms with E-state index >= 15 is 4.39 Å². The second kappa shape index (κ2) is 8.92. The number of piperidine rings is 1. The minimum Gasteiger partial charge on any atom is -0.436 e. The van der Waals surface area contributed by atoms with E-state index in [0.717, 1.165) is 5.56 Å². The molecule has 3 heterocycles. The van der Waals surface area contributed by atoms with E-state index < -0.39 is 23.4 Å². The second-order valence-corrected chi connectivity index (χ2v) is 9.10. The molecule has 35 heavy (non-hydrogen) atoms. The Hall–Kier alpha value is -3.53. The number of anilines is 1. The SMILES string of the molecule is CC[C@H](c1ccc(F)cc1)c1nnc(C(=O)N2CCC[C@@]3(C2)OC(=O)Nc2ccc(Cl)c(F)c23)[nH]1. The number of likely N-dealkylation sites (tertiary alicyclic amines) is 1. The maximum atomic E-state index is 15.1. The van der Waals surface area contributed by atoms with Crippen molar-refractivity contribution >= 4 is 29.3 Å². The zero-order valence-corrected chi connectivity index (χ0v) is 19.5. The number of carbonyl (C=O) groups excluding carboxylic acids is 2. The second-order valence-electron chi connectivity index (χ2n) is 8.69. The van der Waals surface area contributed by atoms with E-state index in [0.29, 0.717) is 31.6 Å². The number of H-pyrrole nitrogens is 1. The van der Waals surface area contributed by atoms with Crippen molar-refractivity contribution in [1.29, 1.82) is 0 Å². The van der Waals surface area contributed by atoms with Crippen LogP contribution in [0.15, 0.2) is 36.4 Å². The van der Waals surface area contributed by atoms with Crippen molar-refractivity contribution in [3.63, 3.8) is 0 Å². The number of ether oxygens (including phenoxy) is 1. The largest absolute Gasteiger partial charge is 0.436 e. The van der Waals surface area contributed by atoms with Gasteiger partial charge < -0.3 is 14.6 Å². The number of nitrogens with zero attached hydrogens (tertiary/aromatic N) is 3. The molecule has 0 aliphatic carbocycles. The molecule has 2 aliphatic rings. The summed E-state index contributed by atoms with van der Waals surface area (Å²) in [6, 6.07) is 8.97. The lowest BCUT2D eigenvalue weighted by Gasteiger charge is -2.44. The van der Waals surface area contributed by atoms with Crippen molar-refractivity contribution in [3.8, 4) is 0 Å². The Morgan fingerprint density at radius 1 is 1.23 bits per heavy atom. The number of aromatic amines is 1. The van der Waals surface area contributed by atoms with Crippen molar-refractivity contribution < 1.29 is 23.1 Å². The van der Waals surface area contributed by atoms with Gasteiger partial charge in [0.2, 0.25) is 5.82 Å². The van der Waals surface area contributed by atoms with Crippen LogP contribution in [0.5, 0.6) is 0 Å². The van der Waals surface area contributed by atoms with Crippen LogP contribution in [-0.4, -0.2) is 45.2 Å². The summed E-state index contributed by atoms with van der Waals surface area (Å²) < 4.78 is 34.0. The summed E-state index contributed by atoms with van der Waals surface area (Å²) in [6.07, 6.45) is 0.735. The van der Waals surface area contributed by atoms with E-state index in [-0.39, 0.29) is 40.4 Å². The fraction of sp³-hybridized carbons (Fsp3) is 0.333. The van der Waals surface area contributed by atoms with Crippen LogP contribution in [0.2, 0.25) is 5.02 Å². The summed E-state index contributed by atoms with van der Waals surface area (Å²) in [4.78, 5) is 30.1. The highest BCUT2D eigenvalue weighted by Gasteiger charge is 2.49. The molecular weight excluding hydrogens is 480 g/mol. The van der Waals surface area contributed by atoms with Crippen molar-refractivity contribution in [2.24, 2.45) is 0 Å². The van der Waals surface area contributed by atoms with Gasteiger partial charge in [0, 0.05) is 12.5 Å². The van der Waals surface area contributed by atoms with Crippen LogP contribution >= 0.6 is 11.6 Å². The Kier molecular flexibility index (Phi) is 5.92. The summed E-state index contributed by atoms with van der Waals surface area (Å²) >= 11 is 6.02. The van der Waals surface area contributed by atoms with Gasteiger partial charge in [-0.15, -0.1) is 10.2 Å². The number of amides is 2. The maximum Gasteiger partial charge on any atom is 0.412 e. The molecular formula is C24H22ClF2N5O3. The molecule has 11 heteroatoms. The van der Waals surface area contributed by atoms with E-state index in [2.05, 4.69) is 20.5 Å². The first kappa shape index (κ1) is 23.2. The van der Waals surface area contributed by atoms with E-state index in [1.54, 1.807) is 12.1 Å². The molecule has 2 amide bonds. The molecule has 182 valence electrons. The number of hydrogen-bond acceptors (Lipinski definition) is 5. The Morgan fingerprint density at radius 3 is 2.74 bits per heavy atom. The van der Waals surface area contributed by atoms with Crippen LogP contribution in [0.4, 0.5) is 19.3 Å². The van der Waals surface area contributed by atoms with E-state index in [1.165, 1.54) is 29.2 Å². The van der Waals surface area contributed by atoms with Gasteiger partial charge in [-0.25, -0.2) is 13.6 Å². The molecule has 2 N–H and O–H groups in total. The topological polar surface area (TPSA) is 100 Å². The number of hydrogen-bond donors (Lipinski definition) is 2. The molecule has 3 aromatic rings. The molecule has 1 aromatic heterocycles. The van der Waals surface area contributed by atoms with Crippen LogP contribution in [0.3, 0.4) is 0 Å². The highest BCUT2D eigenvalue weighted by Crippen LogP contribution is 2.45.